The summed E-state index contributed by atoms with van der Waals surface area (Å²) in [5.74, 6) is -1.24. The van der Waals surface area contributed by atoms with Crippen molar-refractivity contribution in [1.82, 2.24) is 10.2 Å². The molecule has 33 heavy (non-hydrogen) atoms. The normalized spacial score (nSPS) is 12.2. The second-order valence-electron chi connectivity index (χ2n) is 7.73. The number of rotatable bonds is 10. The minimum absolute atomic E-state index is 0.0264. The van der Waals surface area contributed by atoms with E-state index in [1.165, 1.54) is 22.3 Å². The Bertz CT molecular complexity index is 1110. The second kappa shape index (κ2) is 11.5. The van der Waals surface area contributed by atoms with Gasteiger partial charge in [-0.2, -0.15) is 0 Å². The molecule has 180 valence electrons. The molecule has 7 nitrogen and oxygen atoms in total. The smallest absolute Gasteiger partial charge is 0.242 e. The lowest BCUT2D eigenvalue weighted by molar-refractivity contribution is -0.140. The summed E-state index contributed by atoms with van der Waals surface area (Å²) in [6, 6.07) is 10.2. The molecule has 0 bridgehead atoms. The van der Waals surface area contributed by atoms with Crippen molar-refractivity contribution in [3.8, 4) is 0 Å². The van der Waals surface area contributed by atoms with Crippen molar-refractivity contribution in [2.45, 2.75) is 39.3 Å². The summed E-state index contributed by atoms with van der Waals surface area (Å²) in [4.78, 5) is 26.5. The molecule has 0 heterocycles. The lowest BCUT2D eigenvalue weighted by atomic mass is 10.1. The van der Waals surface area contributed by atoms with Gasteiger partial charge in [0.1, 0.15) is 11.9 Å². The molecule has 0 saturated carbocycles. The molecule has 10 heteroatoms. The molecule has 0 fully saturated rings. The van der Waals surface area contributed by atoms with Crippen LogP contribution in [0.3, 0.4) is 0 Å². The first-order valence-corrected chi connectivity index (χ1v) is 12.7. The Balaban J connectivity index is 2.19. The first-order valence-electron chi connectivity index (χ1n) is 10.4. The summed E-state index contributed by atoms with van der Waals surface area (Å²) in [6.07, 6.45) is 1.26. The van der Waals surface area contributed by atoms with Gasteiger partial charge in [-0.25, -0.2) is 12.8 Å². The fourth-order valence-corrected chi connectivity index (χ4v) is 4.64. The second-order valence-corrected chi connectivity index (χ2v) is 10.0. The van der Waals surface area contributed by atoms with E-state index in [-0.39, 0.29) is 43.3 Å². The predicted octanol–water partition coefficient (Wildman–Crippen LogP) is 3.50. The zero-order valence-electron chi connectivity index (χ0n) is 19.1. The van der Waals surface area contributed by atoms with Gasteiger partial charge >= 0.3 is 0 Å². The van der Waals surface area contributed by atoms with Crippen LogP contribution in [-0.4, -0.2) is 51.0 Å². The average Bonchev–Trinajstić information content (AvgIpc) is 2.76. The summed E-state index contributed by atoms with van der Waals surface area (Å²) in [6.45, 7) is 3.26. The van der Waals surface area contributed by atoms with Gasteiger partial charge in [-0.05, 0) is 44.0 Å². The number of sulfonamides is 1. The Morgan fingerprint density at radius 2 is 1.82 bits per heavy atom. The highest BCUT2D eigenvalue weighted by molar-refractivity contribution is 7.92. The van der Waals surface area contributed by atoms with Gasteiger partial charge in [0.25, 0.3) is 0 Å². The third-order valence-electron chi connectivity index (χ3n) is 5.37. The van der Waals surface area contributed by atoms with Crippen molar-refractivity contribution in [2.24, 2.45) is 0 Å². The van der Waals surface area contributed by atoms with Crippen LogP contribution >= 0.6 is 11.6 Å². The van der Waals surface area contributed by atoms with Gasteiger partial charge in [-0.3, -0.25) is 13.9 Å². The molecule has 2 amide bonds. The van der Waals surface area contributed by atoms with Crippen molar-refractivity contribution in [1.29, 1.82) is 0 Å². The summed E-state index contributed by atoms with van der Waals surface area (Å²) in [7, 11) is -2.17. The Kier molecular flexibility index (Phi) is 9.25. The van der Waals surface area contributed by atoms with Crippen LogP contribution in [0.5, 0.6) is 0 Å². The van der Waals surface area contributed by atoms with Crippen LogP contribution in [0.4, 0.5) is 10.1 Å². The molecule has 0 radical (unpaired) electrons. The average molecular weight is 498 g/mol. The Morgan fingerprint density at radius 1 is 1.15 bits per heavy atom. The van der Waals surface area contributed by atoms with E-state index in [4.69, 9.17) is 11.6 Å². The number of nitrogens with one attached hydrogen (secondary N) is 1. The van der Waals surface area contributed by atoms with Crippen LogP contribution in [0.25, 0.3) is 0 Å². The van der Waals surface area contributed by atoms with Gasteiger partial charge in [0.15, 0.2) is 0 Å². The highest BCUT2D eigenvalue weighted by Crippen LogP contribution is 2.28. The Morgan fingerprint density at radius 3 is 2.42 bits per heavy atom. The van der Waals surface area contributed by atoms with Crippen molar-refractivity contribution < 1.29 is 22.4 Å². The van der Waals surface area contributed by atoms with Crippen LogP contribution in [0.1, 0.15) is 30.9 Å². The van der Waals surface area contributed by atoms with E-state index in [0.29, 0.717) is 16.3 Å². The van der Waals surface area contributed by atoms with Gasteiger partial charge in [0, 0.05) is 37.1 Å². The largest absolute Gasteiger partial charge is 0.357 e. The van der Waals surface area contributed by atoms with Gasteiger partial charge in [-0.15, -0.1) is 0 Å². The number of carbonyl (C=O) groups is 2. The van der Waals surface area contributed by atoms with Crippen molar-refractivity contribution >= 4 is 39.1 Å². The zero-order valence-corrected chi connectivity index (χ0v) is 20.7. The van der Waals surface area contributed by atoms with Crippen molar-refractivity contribution in [3.63, 3.8) is 0 Å². The number of likely N-dealkylation sites (N-methyl/N-ethyl adjacent to an activating group) is 1. The summed E-state index contributed by atoms with van der Waals surface area (Å²) in [5, 5.41) is 2.94. The number of anilines is 1. The van der Waals surface area contributed by atoms with Gasteiger partial charge in [0.05, 0.1) is 11.9 Å². The van der Waals surface area contributed by atoms with Crippen LogP contribution in [-0.2, 0) is 26.2 Å². The highest BCUT2D eigenvalue weighted by atomic mass is 35.5. The molecule has 0 spiro atoms. The highest BCUT2D eigenvalue weighted by Gasteiger charge is 2.27. The molecule has 0 saturated heterocycles. The summed E-state index contributed by atoms with van der Waals surface area (Å²) < 4.78 is 40.2. The van der Waals surface area contributed by atoms with E-state index in [0.717, 1.165) is 6.26 Å². The van der Waals surface area contributed by atoms with E-state index >= 15 is 0 Å². The number of benzene rings is 2. The fraction of sp³-hybridized carbons (Fsp3) is 0.391. The molecule has 2 rings (SSSR count). The quantitative estimate of drug-likeness (QED) is 0.544. The van der Waals surface area contributed by atoms with Gasteiger partial charge in [-0.1, -0.05) is 35.9 Å². The van der Waals surface area contributed by atoms with E-state index in [1.807, 2.05) is 0 Å². The van der Waals surface area contributed by atoms with E-state index in [9.17, 15) is 22.4 Å². The number of carbonyl (C=O) groups excluding carboxylic acids is 2. The molecular formula is C23H29ClFN3O4S. The number of nitrogens with zero attached hydrogens (tertiary/aromatic N) is 2. The molecule has 1 atom stereocenters. The van der Waals surface area contributed by atoms with E-state index < -0.39 is 21.9 Å². The minimum atomic E-state index is -3.63. The Hall–Kier alpha value is -2.65. The monoisotopic (exact) mass is 497 g/mol. The van der Waals surface area contributed by atoms with E-state index in [2.05, 4.69) is 5.32 Å². The third kappa shape index (κ3) is 6.91. The molecule has 1 N–H and O–H groups in total. The minimum Gasteiger partial charge on any atom is -0.357 e. The van der Waals surface area contributed by atoms with Crippen LogP contribution in [0.15, 0.2) is 42.5 Å². The SMILES string of the molecule is CNC(=O)[C@H](C)N(Cc1ccccc1F)C(=O)CCCN(c1cccc(Cl)c1C)S(C)(=O)=O. The lowest BCUT2D eigenvalue weighted by Gasteiger charge is -2.29. The Labute approximate surface area is 199 Å². The molecule has 0 unspecified atom stereocenters. The third-order valence-corrected chi connectivity index (χ3v) is 6.96. The molecule has 2 aromatic carbocycles. The van der Waals surface area contributed by atoms with Crippen LogP contribution < -0.4 is 9.62 Å². The first kappa shape index (κ1) is 26.6. The topological polar surface area (TPSA) is 86.8 Å². The van der Waals surface area contributed by atoms with Crippen LogP contribution in [0.2, 0.25) is 5.02 Å². The molecular weight excluding hydrogens is 469 g/mol. The van der Waals surface area contributed by atoms with Crippen molar-refractivity contribution in [2.75, 3.05) is 24.2 Å². The molecule has 2 aromatic rings. The predicted molar refractivity (Wildman–Crippen MR) is 128 cm³/mol. The molecule has 0 aliphatic carbocycles. The number of hydrogen-bond acceptors (Lipinski definition) is 4. The fourth-order valence-electron chi connectivity index (χ4n) is 3.45. The van der Waals surface area contributed by atoms with Crippen molar-refractivity contribution in [3.05, 3.63) is 64.4 Å². The number of amides is 2. The summed E-state index contributed by atoms with van der Waals surface area (Å²) in [5.41, 5.74) is 1.35. The maximum atomic E-state index is 14.2. The van der Waals surface area contributed by atoms with Gasteiger partial charge in [0.2, 0.25) is 21.8 Å². The maximum absolute atomic E-state index is 14.2. The van der Waals surface area contributed by atoms with Gasteiger partial charge < -0.3 is 10.2 Å². The maximum Gasteiger partial charge on any atom is 0.242 e. The van der Waals surface area contributed by atoms with Crippen LogP contribution in [0, 0.1) is 12.7 Å². The standard InChI is InChI=1S/C23H29ClFN3O4S/c1-16-19(24)10-7-12-21(16)28(33(4,31)32)14-8-13-22(29)27(17(2)23(30)26-3)15-18-9-5-6-11-20(18)25/h5-7,9-12,17H,8,13-15H2,1-4H3,(H,26,30)/t17-/m0/s1. The zero-order chi connectivity index (χ0) is 24.8. The molecule has 0 aliphatic rings. The lowest BCUT2D eigenvalue weighted by Crippen LogP contribution is -2.47. The first-order chi connectivity index (χ1) is 15.5. The molecule has 0 aliphatic heterocycles. The number of halogens is 2. The summed E-state index contributed by atoms with van der Waals surface area (Å²) >= 11 is 6.15. The number of hydrogen-bond donors (Lipinski definition) is 1. The van der Waals surface area contributed by atoms with E-state index in [1.54, 1.807) is 50.2 Å². The molecule has 0 aromatic heterocycles.